The molecule has 0 aromatic carbocycles. The first-order valence-corrected chi connectivity index (χ1v) is 8.91. The van der Waals surface area contributed by atoms with Crippen LogP contribution in [0.5, 0.6) is 0 Å². The van der Waals surface area contributed by atoms with E-state index in [0.717, 1.165) is 4.90 Å². The zero-order valence-electron chi connectivity index (χ0n) is 13.5. The molecule has 0 spiro atoms. The minimum atomic E-state index is -0.707. The van der Waals surface area contributed by atoms with Crippen LogP contribution in [0.4, 0.5) is 4.79 Å². The molecule has 2 aliphatic heterocycles. The molecule has 1 aromatic heterocycles. The van der Waals surface area contributed by atoms with E-state index in [1.165, 1.54) is 11.3 Å². The topological polar surface area (TPSA) is 93.2 Å². The van der Waals surface area contributed by atoms with Crippen LogP contribution in [0.1, 0.15) is 22.5 Å². The van der Waals surface area contributed by atoms with Crippen LogP contribution < -0.4 is 0 Å². The Morgan fingerprint density at radius 2 is 2.00 bits per heavy atom. The first kappa shape index (κ1) is 17.4. The molecule has 1 aromatic rings. The van der Waals surface area contributed by atoms with Crippen LogP contribution in [0.15, 0.2) is 17.5 Å². The Morgan fingerprint density at radius 3 is 2.60 bits per heavy atom. The quantitative estimate of drug-likeness (QED) is 0.742. The Labute approximate surface area is 148 Å². The molecular weight excluding hydrogens is 348 g/mol. The molecule has 0 N–H and O–H groups in total. The maximum atomic E-state index is 12.3. The van der Waals surface area contributed by atoms with Crippen LogP contribution in [0, 0.1) is 5.92 Å². The van der Waals surface area contributed by atoms with Crippen molar-refractivity contribution < 1.29 is 28.7 Å². The summed E-state index contributed by atoms with van der Waals surface area (Å²) in [6.07, 6.45) is 0.285. The van der Waals surface area contributed by atoms with Crippen molar-refractivity contribution in [3.8, 4) is 0 Å². The van der Waals surface area contributed by atoms with E-state index in [4.69, 9.17) is 4.74 Å². The molecule has 3 amide bonds. The predicted molar refractivity (Wildman–Crippen MR) is 87.0 cm³/mol. The maximum absolute atomic E-state index is 12.3. The number of nitrogens with zero attached hydrogens (tertiary/aromatic N) is 2. The molecule has 0 atom stereocenters. The fourth-order valence-corrected chi connectivity index (χ4v) is 3.51. The summed E-state index contributed by atoms with van der Waals surface area (Å²) in [5.41, 5.74) is 0. The van der Waals surface area contributed by atoms with Gasteiger partial charge in [-0.05, 0) is 24.3 Å². The van der Waals surface area contributed by atoms with Gasteiger partial charge in [-0.2, -0.15) is 0 Å². The highest BCUT2D eigenvalue weighted by molar-refractivity contribution is 7.12. The molecule has 134 valence electrons. The van der Waals surface area contributed by atoms with E-state index < -0.39 is 24.6 Å². The number of carbonyl (C=O) groups is 4. The summed E-state index contributed by atoms with van der Waals surface area (Å²) in [6.45, 7) is 0.821. The molecule has 2 fully saturated rings. The number of thiophene rings is 1. The lowest BCUT2D eigenvalue weighted by molar-refractivity contribution is -0.155. The van der Waals surface area contributed by atoms with Crippen LogP contribution >= 0.6 is 11.3 Å². The molecule has 0 saturated carbocycles. The zero-order chi connectivity index (χ0) is 17.8. The van der Waals surface area contributed by atoms with Crippen molar-refractivity contribution in [1.82, 2.24) is 9.80 Å². The molecule has 2 aliphatic rings. The average molecular weight is 366 g/mol. The van der Waals surface area contributed by atoms with E-state index in [2.05, 4.69) is 4.74 Å². The Kier molecular flexibility index (Phi) is 5.32. The molecule has 8 nitrogen and oxygen atoms in total. The van der Waals surface area contributed by atoms with Crippen LogP contribution in [0.25, 0.3) is 0 Å². The van der Waals surface area contributed by atoms with Gasteiger partial charge in [-0.1, -0.05) is 6.07 Å². The van der Waals surface area contributed by atoms with Crippen molar-refractivity contribution in [2.45, 2.75) is 12.8 Å². The Bertz CT molecular complexity index is 666. The molecular formula is C16H18N2O6S. The summed E-state index contributed by atoms with van der Waals surface area (Å²) < 4.78 is 9.70. The fourth-order valence-electron chi connectivity index (χ4n) is 2.82. The average Bonchev–Trinajstić information content (AvgIpc) is 3.30. The van der Waals surface area contributed by atoms with E-state index in [1.807, 2.05) is 11.4 Å². The lowest BCUT2D eigenvalue weighted by atomic mass is 9.97. The Hall–Kier alpha value is -2.42. The van der Waals surface area contributed by atoms with Crippen LogP contribution in [0.3, 0.4) is 0 Å². The minimum Gasteiger partial charge on any atom is -0.455 e. The summed E-state index contributed by atoms with van der Waals surface area (Å²) in [5, 5.41) is 1.85. The number of carbonyl (C=O) groups excluding carboxylic acids is 4. The van der Waals surface area contributed by atoms with Gasteiger partial charge in [-0.15, -0.1) is 11.3 Å². The van der Waals surface area contributed by atoms with E-state index in [-0.39, 0.29) is 25.0 Å². The highest BCUT2D eigenvalue weighted by Gasteiger charge is 2.32. The monoisotopic (exact) mass is 366 g/mol. The Morgan fingerprint density at radius 1 is 1.24 bits per heavy atom. The van der Waals surface area contributed by atoms with Gasteiger partial charge in [0.15, 0.2) is 6.61 Å². The third-order valence-corrected chi connectivity index (χ3v) is 5.11. The number of hydrogen-bond donors (Lipinski definition) is 0. The molecule has 25 heavy (non-hydrogen) atoms. The lowest BCUT2D eigenvalue weighted by Crippen LogP contribution is -2.41. The molecule has 3 heterocycles. The lowest BCUT2D eigenvalue weighted by Gasteiger charge is -2.30. The summed E-state index contributed by atoms with van der Waals surface area (Å²) in [6, 6.07) is 3.61. The molecule has 0 radical (unpaired) electrons. The van der Waals surface area contributed by atoms with Crippen molar-refractivity contribution >= 4 is 35.2 Å². The molecule has 9 heteroatoms. The van der Waals surface area contributed by atoms with E-state index in [9.17, 15) is 19.2 Å². The number of esters is 1. The third-order valence-electron chi connectivity index (χ3n) is 4.25. The summed E-state index contributed by atoms with van der Waals surface area (Å²) in [7, 11) is 0. The Balaban J connectivity index is 1.43. The van der Waals surface area contributed by atoms with Crippen molar-refractivity contribution in [3.63, 3.8) is 0 Å². The zero-order valence-corrected chi connectivity index (χ0v) is 14.3. The van der Waals surface area contributed by atoms with Gasteiger partial charge in [0.05, 0.1) is 17.3 Å². The molecule has 0 bridgehead atoms. The number of amides is 3. The fraction of sp³-hybridized carbons (Fsp3) is 0.500. The second-order valence-corrected chi connectivity index (χ2v) is 6.76. The first-order valence-electron chi connectivity index (χ1n) is 8.03. The van der Waals surface area contributed by atoms with Gasteiger partial charge in [-0.3, -0.25) is 14.4 Å². The highest BCUT2D eigenvalue weighted by Crippen LogP contribution is 2.21. The van der Waals surface area contributed by atoms with E-state index >= 15 is 0 Å². The number of likely N-dealkylation sites (tertiary alicyclic amines) is 1. The molecule has 3 rings (SSSR count). The van der Waals surface area contributed by atoms with Gasteiger partial charge in [0.2, 0.25) is 0 Å². The minimum absolute atomic E-state index is 0.0236. The molecule has 0 aliphatic carbocycles. The normalized spacial score (nSPS) is 18.2. The number of imide groups is 1. The number of ether oxygens (including phenoxy) is 2. The summed E-state index contributed by atoms with van der Waals surface area (Å²) in [4.78, 5) is 50.8. The second kappa shape index (κ2) is 7.64. The van der Waals surface area contributed by atoms with Gasteiger partial charge in [0, 0.05) is 13.1 Å². The maximum Gasteiger partial charge on any atom is 0.416 e. The smallest absolute Gasteiger partial charge is 0.416 e. The van der Waals surface area contributed by atoms with Crippen LogP contribution in [-0.4, -0.2) is 66.5 Å². The van der Waals surface area contributed by atoms with Crippen molar-refractivity contribution in [2.75, 3.05) is 32.8 Å². The number of hydrogen-bond acceptors (Lipinski definition) is 7. The van der Waals surface area contributed by atoms with Gasteiger partial charge in [0.1, 0.15) is 6.61 Å². The van der Waals surface area contributed by atoms with Crippen LogP contribution in [0.2, 0.25) is 0 Å². The summed E-state index contributed by atoms with van der Waals surface area (Å²) in [5.74, 6) is -1.42. The van der Waals surface area contributed by atoms with Crippen molar-refractivity contribution in [1.29, 1.82) is 0 Å². The standard InChI is InChI=1S/C16H18N2O6S/c19-13(18-7-8-23-16(18)22)10-24-15(21)11-3-5-17(6-4-11)14(20)12-2-1-9-25-12/h1-2,9,11H,3-8,10H2. The molecule has 2 saturated heterocycles. The number of piperidine rings is 1. The van der Waals surface area contributed by atoms with Crippen molar-refractivity contribution in [3.05, 3.63) is 22.4 Å². The highest BCUT2D eigenvalue weighted by atomic mass is 32.1. The SMILES string of the molecule is O=C(OCC(=O)N1CCOC1=O)C1CCN(C(=O)c2cccs2)CC1. The van der Waals surface area contributed by atoms with Gasteiger partial charge in [-0.25, -0.2) is 9.69 Å². The molecule has 0 unspecified atom stereocenters. The predicted octanol–water partition coefficient (Wildman–Crippen LogP) is 1.12. The van der Waals surface area contributed by atoms with E-state index in [1.54, 1.807) is 11.0 Å². The van der Waals surface area contributed by atoms with E-state index in [0.29, 0.717) is 30.8 Å². The van der Waals surface area contributed by atoms with Gasteiger partial charge < -0.3 is 14.4 Å². The van der Waals surface area contributed by atoms with Crippen LogP contribution in [-0.2, 0) is 19.1 Å². The first-order chi connectivity index (χ1) is 12.1. The second-order valence-electron chi connectivity index (χ2n) is 5.81. The number of rotatable bonds is 4. The largest absolute Gasteiger partial charge is 0.455 e. The van der Waals surface area contributed by atoms with Crippen molar-refractivity contribution in [2.24, 2.45) is 5.92 Å². The third kappa shape index (κ3) is 3.98. The van der Waals surface area contributed by atoms with Gasteiger partial charge in [0.25, 0.3) is 11.8 Å². The number of cyclic esters (lactones) is 1. The summed E-state index contributed by atoms with van der Waals surface area (Å²) >= 11 is 1.39. The van der Waals surface area contributed by atoms with Gasteiger partial charge >= 0.3 is 12.1 Å².